The summed E-state index contributed by atoms with van der Waals surface area (Å²) < 4.78 is 23.5. The highest BCUT2D eigenvalue weighted by atomic mass is 19.1. The third-order valence-corrected chi connectivity index (χ3v) is 3.32. The molecule has 2 aromatic rings. The van der Waals surface area contributed by atoms with E-state index in [0.29, 0.717) is 5.56 Å². The van der Waals surface area contributed by atoms with Gasteiger partial charge in [0, 0.05) is 6.20 Å². The van der Waals surface area contributed by atoms with Gasteiger partial charge in [-0.3, -0.25) is 14.9 Å². The predicted octanol–water partition coefficient (Wildman–Crippen LogP) is 1.19. The Morgan fingerprint density at radius 2 is 1.93 bits per heavy atom. The fourth-order valence-electron chi connectivity index (χ4n) is 2.03. The first-order valence-corrected chi connectivity index (χ1v) is 8.03. The Balaban J connectivity index is 2.28. The Morgan fingerprint density at radius 3 is 2.56 bits per heavy atom. The van der Waals surface area contributed by atoms with E-state index in [1.54, 1.807) is 6.92 Å². The van der Waals surface area contributed by atoms with Gasteiger partial charge in [0.25, 0.3) is 5.91 Å². The number of benzene rings is 1. The number of nitrogens with one attached hydrogen (secondary N) is 1. The van der Waals surface area contributed by atoms with Crippen LogP contribution in [0.1, 0.15) is 33.3 Å². The second-order valence-electron chi connectivity index (χ2n) is 5.29. The minimum Gasteiger partial charge on any atom is -0.486 e. The number of pyridine rings is 1. The lowest BCUT2D eigenvalue weighted by atomic mass is 10.2. The molecule has 1 aromatic heterocycles. The number of carbonyl (C=O) groups excluding carboxylic acids is 3. The van der Waals surface area contributed by atoms with E-state index in [1.807, 2.05) is 0 Å². The van der Waals surface area contributed by atoms with E-state index >= 15 is 0 Å². The van der Waals surface area contributed by atoms with Crippen molar-refractivity contribution in [2.24, 2.45) is 5.73 Å². The van der Waals surface area contributed by atoms with E-state index < -0.39 is 23.6 Å². The molecule has 1 aromatic carbocycles. The van der Waals surface area contributed by atoms with Crippen LogP contribution in [0.4, 0.5) is 4.39 Å². The Morgan fingerprint density at radius 1 is 1.22 bits per heavy atom. The molecular weight excluding hydrogens is 357 g/mol. The molecule has 0 saturated heterocycles. The second kappa shape index (κ2) is 9.39. The van der Waals surface area contributed by atoms with Crippen LogP contribution in [-0.4, -0.2) is 35.9 Å². The summed E-state index contributed by atoms with van der Waals surface area (Å²) in [6.07, 6.45) is 1.14. The lowest BCUT2D eigenvalue weighted by Crippen LogP contribution is -2.36. The molecule has 0 bridgehead atoms. The van der Waals surface area contributed by atoms with Crippen LogP contribution >= 0.6 is 0 Å². The standard InChI is InChI=1S/C18H18FN3O5/c1-2-26-18(25)12-7-14(27-10-11-3-5-13(19)6-4-11)16(21-9-12)17(24)22-15(23)8-20/h3-7,9H,2,8,10,20H2,1H3,(H,22,23,24). The van der Waals surface area contributed by atoms with Gasteiger partial charge in [-0.1, -0.05) is 12.1 Å². The van der Waals surface area contributed by atoms with Gasteiger partial charge in [-0.2, -0.15) is 0 Å². The Kier molecular flexibility index (Phi) is 6.95. The van der Waals surface area contributed by atoms with Gasteiger partial charge in [-0.15, -0.1) is 0 Å². The zero-order chi connectivity index (χ0) is 19.8. The van der Waals surface area contributed by atoms with Crippen molar-refractivity contribution in [1.82, 2.24) is 10.3 Å². The van der Waals surface area contributed by atoms with Crippen LogP contribution in [-0.2, 0) is 16.1 Å². The summed E-state index contributed by atoms with van der Waals surface area (Å²) in [7, 11) is 0. The summed E-state index contributed by atoms with van der Waals surface area (Å²) in [5, 5.41) is 2.05. The molecule has 1 heterocycles. The van der Waals surface area contributed by atoms with Gasteiger partial charge in [-0.25, -0.2) is 14.2 Å². The van der Waals surface area contributed by atoms with Crippen molar-refractivity contribution < 1.29 is 28.2 Å². The van der Waals surface area contributed by atoms with E-state index in [-0.39, 0.29) is 36.8 Å². The van der Waals surface area contributed by atoms with E-state index in [1.165, 1.54) is 30.3 Å². The molecule has 0 aliphatic carbocycles. The van der Waals surface area contributed by atoms with Crippen LogP contribution in [0.2, 0.25) is 0 Å². The van der Waals surface area contributed by atoms with E-state index in [0.717, 1.165) is 6.20 Å². The normalized spacial score (nSPS) is 10.2. The van der Waals surface area contributed by atoms with Crippen molar-refractivity contribution >= 4 is 17.8 Å². The fraction of sp³-hybridized carbons (Fsp3) is 0.222. The maximum absolute atomic E-state index is 13.0. The lowest BCUT2D eigenvalue weighted by Gasteiger charge is -2.12. The van der Waals surface area contributed by atoms with Crippen molar-refractivity contribution in [2.45, 2.75) is 13.5 Å². The number of aromatic nitrogens is 1. The molecule has 0 fully saturated rings. The van der Waals surface area contributed by atoms with Gasteiger partial charge in [0.05, 0.1) is 18.7 Å². The topological polar surface area (TPSA) is 121 Å². The molecule has 3 N–H and O–H groups in total. The average molecular weight is 375 g/mol. The van der Waals surface area contributed by atoms with Gasteiger partial charge in [0.15, 0.2) is 11.4 Å². The van der Waals surface area contributed by atoms with Crippen molar-refractivity contribution in [3.05, 3.63) is 59.2 Å². The number of nitrogens with zero attached hydrogens (tertiary/aromatic N) is 1. The van der Waals surface area contributed by atoms with Crippen LogP contribution < -0.4 is 15.8 Å². The quantitative estimate of drug-likeness (QED) is 0.697. The number of nitrogens with two attached hydrogens (primary N) is 1. The minimum absolute atomic E-state index is 0.0145. The number of hydrogen-bond acceptors (Lipinski definition) is 7. The molecule has 0 saturated carbocycles. The number of rotatable bonds is 7. The second-order valence-corrected chi connectivity index (χ2v) is 5.29. The highest BCUT2D eigenvalue weighted by molar-refractivity contribution is 6.06. The van der Waals surface area contributed by atoms with Gasteiger partial charge in [0.2, 0.25) is 5.91 Å². The minimum atomic E-state index is -0.824. The molecule has 0 unspecified atom stereocenters. The van der Waals surface area contributed by atoms with Crippen LogP contribution in [0, 0.1) is 5.82 Å². The molecule has 8 nitrogen and oxygen atoms in total. The third kappa shape index (κ3) is 5.58. The molecule has 0 spiro atoms. The summed E-state index contributed by atoms with van der Waals surface area (Å²) in [5.74, 6) is -2.59. The Labute approximate surface area is 154 Å². The first-order valence-electron chi connectivity index (χ1n) is 8.03. The van der Waals surface area contributed by atoms with Crippen molar-refractivity contribution in [2.75, 3.05) is 13.2 Å². The number of esters is 1. The Hall–Kier alpha value is -3.33. The van der Waals surface area contributed by atoms with Gasteiger partial charge in [0.1, 0.15) is 12.4 Å². The summed E-state index contributed by atoms with van der Waals surface area (Å²) in [4.78, 5) is 39.3. The van der Waals surface area contributed by atoms with Gasteiger partial charge in [-0.05, 0) is 30.7 Å². The van der Waals surface area contributed by atoms with E-state index in [4.69, 9.17) is 15.2 Å². The van der Waals surface area contributed by atoms with Crippen LogP contribution in [0.3, 0.4) is 0 Å². The number of amides is 2. The molecule has 0 aliphatic heterocycles. The highest BCUT2D eigenvalue weighted by Gasteiger charge is 2.20. The summed E-state index contributed by atoms with van der Waals surface area (Å²) in [6, 6.07) is 6.83. The van der Waals surface area contributed by atoms with Gasteiger partial charge >= 0.3 is 5.97 Å². The smallest absolute Gasteiger partial charge is 0.339 e. The predicted molar refractivity (Wildman–Crippen MR) is 92.5 cm³/mol. The van der Waals surface area contributed by atoms with Gasteiger partial charge < -0.3 is 15.2 Å². The molecule has 0 atom stereocenters. The number of halogens is 1. The molecule has 9 heteroatoms. The summed E-state index contributed by atoms with van der Waals surface area (Å²) in [5.41, 5.74) is 5.67. The summed E-state index contributed by atoms with van der Waals surface area (Å²) >= 11 is 0. The third-order valence-electron chi connectivity index (χ3n) is 3.32. The van der Waals surface area contributed by atoms with Crippen LogP contribution in [0.15, 0.2) is 36.5 Å². The SMILES string of the molecule is CCOC(=O)c1cnc(C(=O)NC(=O)CN)c(OCc2ccc(F)cc2)c1. The first-order chi connectivity index (χ1) is 12.9. The Bertz CT molecular complexity index is 839. The molecule has 142 valence electrons. The van der Waals surface area contributed by atoms with Crippen molar-refractivity contribution in [1.29, 1.82) is 0 Å². The van der Waals surface area contributed by atoms with Crippen LogP contribution in [0.25, 0.3) is 0 Å². The number of carbonyl (C=O) groups is 3. The number of ether oxygens (including phenoxy) is 2. The highest BCUT2D eigenvalue weighted by Crippen LogP contribution is 2.20. The molecule has 2 rings (SSSR count). The molecule has 27 heavy (non-hydrogen) atoms. The lowest BCUT2D eigenvalue weighted by molar-refractivity contribution is -0.118. The number of imide groups is 1. The van der Waals surface area contributed by atoms with Crippen molar-refractivity contribution in [3.8, 4) is 5.75 Å². The largest absolute Gasteiger partial charge is 0.486 e. The first kappa shape index (κ1) is 20.0. The number of hydrogen-bond donors (Lipinski definition) is 2. The average Bonchev–Trinajstić information content (AvgIpc) is 2.67. The maximum atomic E-state index is 13.0. The zero-order valence-electron chi connectivity index (χ0n) is 14.5. The molecule has 0 radical (unpaired) electrons. The summed E-state index contributed by atoms with van der Waals surface area (Å²) in [6.45, 7) is 1.42. The molecule has 2 amide bonds. The van der Waals surface area contributed by atoms with Crippen LogP contribution in [0.5, 0.6) is 5.75 Å². The van der Waals surface area contributed by atoms with E-state index in [2.05, 4.69) is 10.3 Å². The molecule has 0 aliphatic rings. The van der Waals surface area contributed by atoms with E-state index in [9.17, 15) is 18.8 Å². The molecular formula is C18H18FN3O5. The zero-order valence-corrected chi connectivity index (χ0v) is 14.5. The van der Waals surface area contributed by atoms with Crippen molar-refractivity contribution in [3.63, 3.8) is 0 Å². The monoisotopic (exact) mass is 375 g/mol. The maximum Gasteiger partial charge on any atom is 0.339 e. The fourth-order valence-corrected chi connectivity index (χ4v) is 2.03.